The molecule has 0 aromatic rings. The van der Waals surface area contributed by atoms with Gasteiger partial charge in [-0.05, 0) is 70.6 Å². The highest BCUT2D eigenvalue weighted by molar-refractivity contribution is 5.76. The lowest BCUT2D eigenvalue weighted by molar-refractivity contribution is -0.122. The highest BCUT2D eigenvalue weighted by Gasteiger charge is 2.17. The molecule has 1 amide bonds. The van der Waals surface area contributed by atoms with Crippen LogP contribution in [0, 0.1) is 0 Å². The molecule has 2 atom stereocenters. The van der Waals surface area contributed by atoms with Crippen LogP contribution in [0.2, 0.25) is 0 Å². The Balaban J connectivity index is 3.81. The third-order valence-electron chi connectivity index (χ3n) is 7.86. The summed E-state index contributed by atoms with van der Waals surface area (Å²) in [6.07, 6.45) is 53.9. The predicted octanol–water partition coefficient (Wildman–Crippen LogP) is 11.3. The summed E-state index contributed by atoms with van der Waals surface area (Å²) in [5, 5.41) is 22.8. The Labute approximate surface area is 284 Å². The van der Waals surface area contributed by atoms with Gasteiger partial charge in [0.15, 0.2) is 0 Å². The number of aliphatic hydroxyl groups is 2. The predicted molar refractivity (Wildman–Crippen MR) is 202 cm³/mol. The van der Waals surface area contributed by atoms with E-state index in [1.807, 2.05) is 6.08 Å². The quantitative estimate of drug-likeness (QED) is 0.0508. The zero-order chi connectivity index (χ0) is 33.6. The second-order valence-electron chi connectivity index (χ2n) is 12.2. The number of hydrogen-bond donors (Lipinski definition) is 3. The minimum atomic E-state index is -0.889. The standard InChI is InChI=1S/C42H71NO3/c1-3-5-7-9-11-13-15-17-19-21-23-25-27-29-31-33-35-37-41(45)40(39-44)43-42(46)38-36-34-32-30-28-26-24-22-20-18-16-14-12-10-8-6-4-2/h6,8,12,14,18,20,24,26-27,29-30,32,35,37,40-41,44-45H,3-5,7,9-11,13,15-17,19,21-23,25,28,31,33-34,36,38-39H2,1-2H3,(H,43,46)/b8-6-,14-12-,20-18-,26-24-,29-27+,32-30-,37-35+. The molecule has 3 N–H and O–H groups in total. The van der Waals surface area contributed by atoms with Crippen LogP contribution in [0.5, 0.6) is 0 Å². The highest BCUT2D eigenvalue weighted by atomic mass is 16.3. The van der Waals surface area contributed by atoms with E-state index >= 15 is 0 Å². The van der Waals surface area contributed by atoms with Gasteiger partial charge >= 0.3 is 0 Å². The van der Waals surface area contributed by atoms with E-state index in [0.29, 0.717) is 6.42 Å². The second-order valence-corrected chi connectivity index (χ2v) is 12.2. The smallest absolute Gasteiger partial charge is 0.220 e. The first-order valence-electron chi connectivity index (χ1n) is 18.8. The van der Waals surface area contributed by atoms with Crippen molar-refractivity contribution < 1.29 is 15.0 Å². The molecular formula is C42H71NO3. The molecule has 46 heavy (non-hydrogen) atoms. The molecule has 0 aromatic carbocycles. The molecule has 4 nitrogen and oxygen atoms in total. The van der Waals surface area contributed by atoms with Crippen molar-refractivity contribution in [3.63, 3.8) is 0 Å². The average Bonchev–Trinajstić information content (AvgIpc) is 3.06. The highest BCUT2D eigenvalue weighted by Crippen LogP contribution is 2.12. The number of carbonyl (C=O) groups is 1. The van der Waals surface area contributed by atoms with Crippen LogP contribution in [-0.2, 0) is 4.79 Å². The van der Waals surface area contributed by atoms with Crippen molar-refractivity contribution in [2.75, 3.05) is 6.61 Å². The number of amides is 1. The fourth-order valence-electron chi connectivity index (χ4n) is 4.99. The largest absolute Gasteiger partial charge is 0.394 e. The summed E-state index contributed by atoms with van der Waals surface area (Å²) in [4.78, 5) is 12.3. The first-order chi connectivity index (χ1) is 22.7. The number of hydrogen-bond acceptors (Lipinski definition) is 3. The third kappa shape index (κ3) is 32.9. The van der Waals surface area contributed by atoms with Crippen molar-refractivity contribution >= 4 is 5.91 Å². The van der Waals surface area contributed by atoms with E-state index < -0.39 is 12.1 Å². The van der Waals surface area contributed by atoms with Crippen molar-refractivity contribution in [3.05, 3.63) is 85.1 Å². The minimum Gasteiger partial charge on any atom is -0.394 e. The van der Waals surface area contributed by atoms with Gasteiger partial charge in [0.05, 0.1) is 18.8 Å². The molecule has 0 fully saturated rings. The third-order valence-corrected chi connectivity index (χ3v) is 7.86. The van der Waals surface area contributed by atoms with Crippen LogP contribution in [-0.4, -0.2) is 34.9 Å². The van der Waals surface area contributed by atoms with Crippen molar-refractivity contribution in [1.29, 1.82) is 0 Å². The number of nitrogens with one attached hydrogen (secondary N) is 1. The van der Waals surface area contributed by atoms with Crippen LogP contribution in [0.25, 0.3) is 0 Å². The monoisotopic (exact) mass is 638 g/mol. The Kier molecular flexibility index (Phi) is 35.1. The van der Waals surface area contributed by atoms with Gasteiger partial charge in [-0.1, -0.05) is 163 Å². The van der Waals surface area contributed by atoms with E-state index in [1.54, 1.807) is 6.08 Å². The van der Waals surface area contributed by atoms with Crippen LogP contribution in [0.4, 0.5) is 0 Å². The Morgan fingerprint density at radius 1 is 0.543 bits per heavy atom. The Morgan fingerprint density at radius 3 is 1.52 bits per heavy atom. The molecule has 262 valence electrons. The van der Waals surface area contributed by atoms with Gasteiger partial charge in [-0.2, -0.15) is 0 Å². The van der Waals surface area contributed by atoms with Gasteiger partial charge in [-0.25, -0.2) is 0 Å². The Hall–Kier alpha value is -2.43. The maximum atomic E-state index is 12.3. The van der Waals surface area contributed by atoms with Gasteiger partial charge in [0.25, 0.3) is 0 Å². The number of unbranched alkanes of at least 4 members (excludes halogenated alkanes) is 13. The Bertz CT molecular complexity index is 864. The molecule has 0 aromatic heterocycles. The van der Waals surface area contributed by atoms with Crippen molar-refractivity contribution in [2.45, 2.75) is 167 Å². The van der Waals surface area contributed by atoms with Gasteiger partial charge in [0, 0.05) is 6.42 Å². The number of rotatable bonds is 32. The van der Waals surface area contributed by atoms with Crippen molar-refractivity contribution in [1.82, 2.24) is 5.32 Å². The molecule has 0 radical (unpaired) electrons. The molecule has 0 aliphatic carbocycles. The lowest BCUT2D eigenvalue weighted by Gasteiger charge is -2.19. The Morgan fingerprint density at radius 2 is 0.978 bits per heavy atom. The van der Waals surface area contributed by atoms with E-state index in [2.05, 4.69) is 92.1 Å². The molecule has 0 saturated carbocycles. The molecule has 0 spiro atoms. The first-order valence-corrected chi connectivity index (χ1v) is 18.8. The van der Waals surface area contributed by atoms with E-state index in [-0.39, 0.29) is 12.5 Å². The number of carbonyl (C=O) groups excluding carboxylic acids is 1. The van der Waals surface area contributed by atoms with Crippen molar-refractivity contribution in [2.24, 2.45) is 0 Å². The van der Waals surface area contributed by atoms with Gasteiger partial charge < -0.3 is 15.5 Å². The molecule has 0 rings (SSSR count). The van der Waals surface area contributed by atoms with Crippen LogP contribution >= 0.6 is 0 Å². The minimum absolute atomic E-state index is 0.135. The van der Waals surface area contributed by atoms with Gasteiger partial charge in [-0.15, -0.1) is 0 Å². The fraction of sp³-hybridized carbons (Fsp3) is 0.643. The average molecular weight is 638 g/mol. The summed E-state index contributed by atoms with van der Waals surface area (Å²) >= 11 is 0. The zero-order valence-corrected chi connectivity index (χ0v) is 29.8. The van der Waals surface area contributed by atoms with Crippen LogP contribution in [0.1, 0.15) is 155 Å². The van der Waals surface area contributed by atoms with Crippen LogP contribution in [0.3, 0.4) is 0 Å². The molecule has 0 aliphatic heterocycles. The number of allylic oxidation sites excluding steroid dienone is 13. The zero-order valence-electron chi connectivity index (χ0n) is 29.8. The van der Waals surface area contributed by atoms with Crippen LogP contribution in [0.15, 0.2) is 85.1 Å². The molecule has 0 heterocycles. The molecular weight excluding hydrogens is 566 g/mol. The van der Waals surface area contributed by atoms with E-state index in [4.69, 9.17) is 0 Å². The summed E-state index contributed by atoms with van der Waals surface area (Å²) in [7, 11) is 0. The summed E-state index contributed by atoms with van der Waals surface area (Å²) < 4.78 is 0. The molecule has 2 unspecified atom stereocenters. The fourth-order valence-corrected chi connectivity index (χ4v) is 4.99. The topological polar surface area (TPSA) is 69.6 Å². The van der Waals surface area contributed by atoms with E-state index in [1.165, 1.54) is 70.6 Å². The lowest BCUT2D eigenvalue weighted by atomic mass is 10.1. The lowest BCUT2D eigenvalue weighted by Crippen LogP contribution is -2.45. The molecule has 0 bridgehead atoms. The number of aliphatic hydroxyl groups excluding tert-OH is 2. The van der Waals surface area contributed by atoms with Crippen molar-refractivity contribution in [3.8, 4) is 0 Å². The van der Waals surface area contributed by atoms with Gasteiger partial charge in [0.2, 0.25) is 5.91 Å². The van der Waals surface area contributed by atoms with Crippen LogP contribution < -0.4 is 5.32 Å². The van der Waals surface area contributed by atoms with Gasteiger partial charge in [0.1, 0.15) is 0 Å². The summed E-state index contributed by atoms with van der Waals surface area (Å²) in [6.45, 7) is 4.13. The first kappa shape index (κ1) is 43.6. The summed E-state index contributed by atoms with van der Waals surface area (Å²) in [5.41, 5.74) is 0. The SMILES string of the molecule is CC/C=C\C/C=C\C/C=C\C/C=C\C/C=C\CCCC(=O)NC(CO)C(O)/C=C/CC/C=C/CCCCCCCCCCCCC. The second kappa shape index (κ2) is 37.0. The maximum absolute atomic E-state index is 12.3. The van der Waals surface area contributed by atoms with E-state index in [0.717, 1.165) is 64.2 Å². The summed E-state index contributed by atoms with van der Waals surface area (Å²) in [6, 6.07) is -0.672. The van der Waals surface area contributed by atoms with Gasteiger partial charge in [-0.3, -0.25) is 4.79 Å². The molecule has 0 aliphatic rings. The normalized spacial score (nSPS) is 14.1. The maximum Gasteiger partial charge on any atom is 0.220 e. The molecule has 4 heteroatoms. The molecule has 0 saturated heterocycles. The van der Waals surface area contributed by atoms with E-state index in [9.17, 15) is 15.0 Å². The summed E-state index contributed by atoms with van der Waals surface area (Å²) in [5.74, 6) is -0.135.